The number of likely N-dealkylation sites (tertiary alicyclic amines) is 1. The smallest absolute Gasteiger partial charge is 0.220 e. The van der Waals surface area contributed by atoms with E-state index >= 15 is 0 Å². The second-order valence-corrected chi connectivity index (χ2v) is 5.90. The SMILES string of the molecule is O=C(CCC(=O)c1ccccc1)NCCCN1CCCCC1. The molecular weight excluding hydrogens is 276 g/mol. The summed E-state index contributed by atoms with van der Waals surface area (Å²) < 4.78 is 0. The van der Waals surface area contributed by atoms with Gasteiger partial charge in [0, 0.05) is 24.9 Å². The zero-order valence-electron chi connectivity index (χ0n) is 13.2. The molecule has 0 spiro atoms. The highest BCUT2D eigenvalue weighted by molar-refractivity contribution is 5.97. The number of hydrogen-bond acceptors (Lipinski definition) is 3. The van der Waals surface area contributed by atoms with Gasteiger partial charge >= 0.3 is 0 Å². The first-order valence-electron chi connectivity index (χ1n) is 8.33. The summed E-state index contributed by atoms with van der Waals surface area (Å²) >= 11 is 0. The van der Waals surface area contributed by atoms with Crippen LogP contribution in [0.5, 0.6) is 0 Å². The Morgan fingerprint density at radius 2 is 1.73 bits per heavy atom. The molecule has 1 heterocycles. The van der Waals surface area contributed by atoms with Gasteiger partial charge in [-0.25, -0.2) is 0 Å². The molecule has 2 rings (SSSR count). The topological polar surface area (TPSA) is 49.4 Å². The molecule has 0 aliphatic carbocycles. The molecule has 120 valence electrons. The van der Waals surface area contributed by atoms with Crippen LogP contribution < -0.4 is 5.32 Å². The monoisotopic (exact) mass is 302 g/mol. The van der Waals surface area contributed by atoms with Gasteiger partial charge in [0.05, 0.1) is 0 Å². The summed E-state index contributed by atoms with van der Waals surface area (Å²) in [4.78, 5) is 26.1. The molecule has 0 atom stereocenters. The van der Waals surface area contributed by atoms with Crippen molar-refractivity contribution in [3.63, 3.8) is 0 Å². The Kier molecular flexibility index (Phi) is 7.10. The molecule has 0 aromatic heterocycles. The van der Waals surface area contributed by atoms with Gasteiger partial charge in [-0.15, -0.1) is 0 Å². The van der Waals surface area contributed by atoms with Gasteiger partial charge in [-0.05, 0) is 38.9 Å². The number of benzene rings is 1. The van der Waals surface area contributed by atoms with Gasteiger partial charge in [0.25, 0.3) is 0 Å². The Bertz CT molecular complexity index is 467. The molecular formula is C18H26N2O2. The maximum Gasteiger partial charge on any atom is 0.220 e. The van der Waals surface area contributed by atoms with Crippen LogP contribution in [0.2, 0.25) is 0 Å². The average molecular weight is 302 g/mol. The van der Waals surface area contributed by atoms with E-state index < -0.39 is 0 Å². The van der Waals surface area contributed by atoms with Crippen LogP contribution in [-0.4, -0.2) is 42.8 Å². The van der Waals surface area contributed by atoms with Crippen LogP contribution >= 0.6 is 0 Å². The quantitative estimate of drug-likeness (QED) is 0.593. The minimum absolute atomic E-state index is 0.0251. The molecule has 1 aliphatic rings. The number of carbonyl (C=O) groups excluding carboxylic acids is 2. The number of ketones is 1. The van der Waals surface area contributed by atoms with Gasteiger partial charge in [0.15, 0.2) is 5.78 Å². The standard InChI is InChI=1S/C18H26N2O2/c21-17(16-8-3-1-4-9-16)10-11-18(22)19-12-7-15-20-13-5-2-6-14-20/h1,3-4,8-9H,2,5-7,10-15H2,(H,19,22). The van der Waals surface area contributed by atoms with E-state index in [0.717, 1.165) is 13.0 Å². The average Bonchev–Trinajstić information content (AvgIpc) is 2.58. The van der Waals surface area contributed by atoms with Crippen molar-refractivity contribution in [3.8, 4) is 0 Å². The zero-order chi connectivity index (χ0) is 15.6. The normalized spacial score (nSPS) is 15.5. The van der Waals surface area contributed by atoms with Crippen molar-refractivity contribution >= 4 is 11.7 Å². The molecule has 4 nitrogen and oxygen atoms in total. The molecule has 0 saturated carbocycles. The maximum atomic E-state index is 11.9. The first-order chi connectivity index (χ1) is 10.8. The summed E-state index contributed by atoms with van der Waals surface area (Å²) in [6.07, 6.45) is 5.49. The second kappa shape index (κ2) is 9.36. The summed E-state index contributed by atoms with van der Waals surface area (Å²) in [5, 5.41) is 2.91. The fourth-order valence-corrected chi connectivity index (χ4v) is 2.80. The van der Waals surface area contributed by atoms with Crippen molar-refractivity contribution in [1.82, 2.24) is 10.2 Å². The number of rotatable bonds is 8. The number of nitrogens with zero attached hydrogens (tertiary/aromatic N) is 1. The number of hydrogen-bond donors (Lipinski definition) is 1. The van der Waals surface area contributed by atoms with Crippen LogP contribution in [0.4, 0.5) is 0 Å². The van der Waals surface area contributed by atoms with E-state index in [2.05, 4.69) is 10.2 Å². The first kappa shape index (κ1) is 16.7. The minimum atomic E-state index is -0.0251. The lowest BCUT2D eigenvalue weighted by Crippen LogP contribution is -2.33. The van der Waals surface area contributed by atoms with Crippen molar-refractivity contribution in [1.29, 1.82) is 0 Å². The summed E-state index contributed by atoms with van der Waals surface area (Å²) in [6.45, 7) is 4.15. The van der Waals surface area contributed by atoms with E-state index in [-0.39, 0.29) is 24.5 Å². The van der Waals surface area contributed by atoms with E-state index in [4.69, 9.17) is 0 Å². The number of Topliss-reactive ketones (excluding diaryl/α,β-unsaturated/α-hetero) is 1. The van der Waals surface area contributed by atoms with Gasteiger partial charge in [0.2, 0.25) is 5.91 Å². The third-order valence-electron chi connectivity index (χ3n) is 4.10. The highest BCUT2D eigenvalue weighted by Gasteiger charge is 2.10. The van der Waals surface area contributed by atoms with Crippen LogP contribution in [0.3, 0.4) is 0 Å². The van der Waals surface area contributed by atoms with E-state index in [1.54, 1.807) is 12.1 Å². The molecule has 0 radical (unpaired) electrons. The van der Waals surface area contributed by atoms with Crippen molar-refractivity contribution in [3.05, 3.63) is 35.9 Å². The lowest BCUT2D eigenvalue weighted by molar-refractivity contribution is -0.121. The largest absolute Gasteiger partial charge is 0.356 e. The maximum absolute atomic E-state index is 11.9. The summed E-state index contributed by atoms with van der Waals surface area (Å²) in [5.74, 6) is 0.00647. The molecule has 1 saturated heterocycles. The Hall–Kier alpha value is -1.68. The molecule has 0 unspecified atom stereocenters. The second-order valence-electron chi connectivity index (χ2n) is 5.90. The number of nitrogens with one attached hydrogen (secondary N) is 1. The molecule has 1 aromatic carbocycles. The van der Waals surface area contributed by atoms with Crippen molar-refractivity contribution in [2.75, 3.05) is 26.2 Å². The van der Waals surface area contributed by atoms with Crippen molar-refractivity contribution in [2.45, 2.75) is 38.5 Å². The molecule has 1 N–H and O–H groups in total. The van der Waals surface area contributed by atoms with Gasteiger partial charge < -0.3 is 10.2 Å². The third-order valence-corrected chi connectivity index (χ3v) is 4.10. The molecule has 1 fully saturated rings. The molecule has 0 bridgehead atoms. The first-order valence-corrected chi connectivity index (χ1v) is 8.33. The highest BCUT2D eigenvalue weighted by Crippen LogP contribution is 2.08. The third kappa shape index (κ3) is 5.98. The zero-order valence-corrected chi connectivity index (χ0v) is 13.2. The van der Waals surface area contributed by atoms with E-state index in [1.807, 2.05) is 18.2 Å². The number of amides is 1. The Morgan fingerprint density at radius 1 is 1.00 bits per heavy atom. The predicted molar refractivity (Wildman–Crippen MR) is 87.9 cm³/mol. The Balaban J connectivity index is 1.55. The van der Waals surface area contributed by atoms with Crippen LogP contribution in [0.1, 0.15) is 48.9 Å². The van der Waals surface area contributed by atoms with Gasteiger partial charge in [-0.3, -0.25) is 9.59 Å². The van der Waals surface area contributed by atoms with E-state index in [9.17, 15) is 9.59 Å². The van der Waals surface area contributed by atoms with Gasteiger partial charge in [-0.2, -0.15) is 0 Å². The van der Waals surface area contributed by atoms with Crippen LogP contribution in [0, 0.1) is 0 Å². The fraction of sp³-hybridized carbons (Fsp3) is 0.556. The molecule has 1 aromatic rings. The lowest BCUT2D eigenvalue weighted by Gasteiger charge is -2.26. The van der Waals surface area contributed by atoms with Crippen LogP contribution in [-0.2, 0) is 4.79 Å². The van der Waals surface area contributed by atoms with Crippen molar-refractivity contribution < 1.29 is 9.59 Å². The molecule has 22 heavy (non-hydrogen) atoms. The highest BCUT2D eigenvalue weighted by atomic mass is 16.2. The Labute approximate surface area is 132 Å². The van der Waals surface area contributed by atoms with Crippen molar-refractivity contribution in [2.24, 2.45) is 0 Å². The molecule has 1 aliphatic heterocycles. The molecule has 4 heteroatoms. The predicted octanol–water partition coefficient (Wildman–Crippen LogP) is 2.64. The van der Waals surface area contributed by atoms with E-state index in [1.165, 1.54) is 32.4 Å². The van der Waals surface area contributed by atoms with Gasteiger partial charge in [-0.1, -0.05) is 36.8 Å². The minimum Gasteiger partial charge on any atom is -0.356 e. The molecule has 1 amide bonds. The van der Waals surface area contributed by atoms with Crippen LogP contribution in [0.15, 0.2) is 30.3 Å². The number of piperidine rings is 1. The Morgan fingerprint density at radius 3 is 2.45 bits per heavy atom. The summed E-state index contributed by atoms with van der Waals surface area (Å²) in [5.41, 5.74) is 0.681. The summed E-state index contributed by atoms with van der Waals surface area (Å²) in [6, 6.07) is 9.14. The van der Waals surface area contributed by atoms with Crippen LogP contribution in [0.25, 0.3) is 0 Å². The number of carbonyl (C=O) groups is 2. The summed E-state index contributed by atoms with van der Waals surface area (Å²) in [7, 11) is 0. The fourth-order valence-electron chi connectivity index (χ4n) is 2.80. The van der Waals surface area contributed by atoms with Gasteiger partial charge in [0.1, 0.15) is 0 Å². The van der Waals surface area contributed by atoms with E-state index in [0.29, 0.717) is 12.1 Å². The lowest BCUT2D eigenvalue weighted by atomic mass is 10.1.